The van der Waals surface area contributed by atoms with Crippen LogP contribution in [-0.4, -0.2) is 30.8 Å². The number of benzene rings is 2. The lowest BCUT2D eigenvalue weighted by molar-refractivity contribution is -0.128. The normalized spacial score (nSPS) is 17.0. The van der Waals surface area contributed by atoms with E-state index < -0.39 is 11.6 Å². The average Bonchev–Trinajstić information content (AvgIpc) is 2.98. The third-order valence-corrected chi connectivity index (χ3v) is 5.28. The van der Waals surface area contributed by atoms with Gasteiger partial charge in [-0.05, 0) is 18.2 Å². The van der Waals surface area contributed by atoms with Gasteiger partial charge in [0.15, 0.2) is 11.6 Å². The molecule has 0 radical (unpaired) electrons. The smallest absolute Gasteiger partial charge is 0.234 e. The molecule has 132 valence electrons. The van der Waals surface area contributed by atoms with E-state index >= 15 is 0 Å². The summed E-state index contributed by atoms with van der Waals surface area (Å²) in [6, 6.07) is 9.31. The fraction of sp³-hybridized carbons (Fsp3) is 0.278. The number of carbonyl (C=O) groups is 1. The van der Waals surface area contributed by atoms with Crippen molar-refractivity contribution < 1.29 is 23.0 Å². The van der Waals surface area contributed by atoms with Crippen molar-refractivity contribution in [3.8, 4) is 11.5 Å². The molecule has 2 aromatic rings. The van der Waals surface area contributed by atoms with E-state index in [0.29, 0.717) is 11.5 Å². The Balaban J connectivity index is 1.93. The molecule has 1 aliphatic heterocycles. The molecular weight excluding hydrogens is 348 g/mol. The summed E-state index contributed by atoms with van der Waals surface area (Å²) in [6.07, 6.45) is 0. The number of methoxy groups -OCH3 is 2. The number of carbonyl (C=O) groups excluding carboxylic acids is 1. The van der Waals surface area contributed by atoms with Gasteiger partial charge in [-0.25, -0.2) is 8.78 Å². The van der Waals surface area contributed by atoms with Gasteiger partial charge >= 0.3 is 0 Å². The minimum Gasteiger partial charge on any atom is -0.497 e. The van der Waals surface area contributed by atoms with Crippen LogP contribution in [-0.2, 0) is 11.3 Å². The van der Waals surface area contributed by atoms with Crippen molar-refractivity contribution in [2.45, 2.75) is 11.9 Å². The molecule has 7 heteroatoms. The predicted octanol–water partition coefficient (Wildman–Crippen LogP) is 3.76. The van der Waals surface area contributed by atoms with Crippen LogP contribution in [0.2, 0.25) is 0 Å². The number of rotatable bonds is 5. The maximum absolute atomic E-state index is 14.0. The SMILES string of the molecule is COc1ccc(C2SCC(=O)N2Cc2cccc(F)c2F)c(OC)c1. The summed E-state index contributed by atoms with van der Waals surface area (Å²) in [6.45, 7) is -0.00469. The standard InChI is InChI=1S/C18H17F2NO3S/c1-23-12-6-7-13(15(8-12)24-2)18-21(16(22)10-25-18)9-11-4-3-5-14(19)17(11)20/h3-8,18H,9-10H2,1-2H3. The van der Waals surface area contributed by atoms with Crippen molar-refractivity contribution in [3.63, 3.8) is 0 Å². The molecule has 0 aliphatic carbocycles. The summed E-state index contributed by atoms with van der Waals surface area (Å²) in [5, 5.41) is -0.337. The molecule has 0 aromatic heterocycles. The Bertz CT molecular complexity index is 800. The van der Waals surface area contributed by atoms with Crippen LogP contribution in [0.5, 0.6) is 11.5 Å². The van der Waals surface area contributed by atoms with Gasteiger partial charge in [-0.15, -0.1) is 11.8 Å². The molecule has 3 rings (SSSR count). The van der Waals surface area contributed by atoms with Gasteiger partial charge in [0.1, 0.15) is 16.9 Å². The average molecular weight is 365 g/mol. The number of thioether (sulfide) groups is 1. The summed E-state index contributed by atoms with van der Waals surface area (Å²) < 4.78 is 38.0. The van der Waals surface area contributed by atoms with Crippen LogP contribution in [0.15, 0.2) is 36.4 Å². The molecule has 1 fully saturated rings. The third kappa shape index (κ3) is 3.42. The van der Waals surface area contributed by atoms with E-state index in [1.807, 2.05) is 6.07 Å². The second-order valence-electron chi connectivity index (χ2n) is 5.51. The largest absolute Gasteiger partial charge is 0.497 e. The van der Waals surface area contributed by atoms with Crippen molar-refractivity contribution >= 4 is 17.7 Å². The van der Waals surface area contributed by atoms with E-state index in [4.69, 9.17) is 9.47 Å². The van der Waals surface area contributed by atoms with Gasteiger partial charge in [-0.1, -0.05) is 12.1 Å². The van der Waals surface area contributed by atoms with Crippen LogP contribution in [0.25, 0.3) is 0 Å². The minimum absolute atomic E-state index is 0.00469. The van der Waals surface area contributed by atoms with E-state index in [9.17, 15) is 13.6 Å². The first-order chi connectivity index (χ1) is 12.0. The Labute approximate surface area is 148 Å². The monoisotopic (exact) mass is 365 g/mol. The van der Waals surface area contributed by atoms with Crippen LogP contribution < -0.4 is 9.47 Å². The molecule has 4 nitrogen and oxygen atoms in total. The van der Waals surface area contributed by atoms with E-state index in [1.165, 1.54) is 35.9 Å². The van der Waals surface area contributed by atoms with Crippen LogP contribution in [0.4, 0.5) is 8.78 Å². The lowest BCUT2D eigenvalue weighted by Crippen LogP contribution is -2.28. The van der Waals surface area contributed by atoms with Gasteiger partial charge in [-0.3, -0.25) is 4.79 Å². The molecule has 0 bridgehead atoms. The quantitative estimate of drug-likeness (QED) is 0.809. The zero-order chi connectivity index (χ0) is 18.0. The lowest BCUT2D eigenvalue weighted by atomic mass is 10.1. The second kappa shape index (κ2) is 7.31. The Morgan fingerprint density at radius 3 is 2.72 bits per heavy atom. The molecule has 0 spiro atoms. The number of hydrogen-bond acceptors (Lipinski definition) is 4. The Morgan fingerprint density at radius 1 is 1.20 bits per heavy atom. The van der Waals surface area contributed by atoms with Gasteiger partial charge in [0.25, 0.3) is 0 Å². The highest BCUT2D eigenvalue weighted by Crippen LogP contribution is 2.44. The van der Waals surface area contributed by atoms with Gasteiger partial charge in [0.2, 0.25) is 5.91 Å². The summed E-state index contributed by atoms with van der Waals surface area (Å²) >= 11 is 1.42. The maximum Gasteiger partial charge on any atom is 0.234 e. The molecule has 2 aromatic carbocycles. The first-order valence-corrected chi connectivity index (χ1v) is 8.66. The van der Waals surface area contributed by atoms with Crippen LogP contribution in [0, 0.1) is 11.6 Å². The van der Waals surface area contributed by atoms with Gasteiger partial charge < -0.3 is 14.4 Å². The molecule has 1 unspecified atom stereocenters. The topological polar surface area (TPSA) is 38.8 Å². The molecule has 1 heterocycles. The number of amides is 1. The molecule has 1 atom stereocenters. The summed E-state index contributed by atoms with van der Waals surface area (Å²) in [4.78, 5) is 13.8. The molecular formula is C18H17F2NO3S. The van der Waals surface area contributed by atoms with E-state index in [2.05, 4.69) is 0 Å². The van der Waals surface area contributed by atoms with Crippen LogP contribution in [0.1, 0.15) is 16.5 Å². The second-order valence-corrected chi connectivity index (χ2v) is 6.57. The highest BCUT2D eigenvalue weighted by atomic mass is 32.2. The molecule has 1 amide bonds. The highest BCUT2D eigenvalue weighted by Gasteiger charge is 2.35. The fourth-order valence-electron chi connectivity index (χ4n) is 2.76. The maximum atomic E-state index is 14.0. The zero-order valence-electron chi connectivity index (χ0n) is 13.8. The van der Waals surface area contributed by atoms with Crippen molar-refractivity contribution in [1.29, 1.82) is 0 Å². The summed E-state index contributed by atoms with van der Waals surface area (Å²) in [5.41, 5.74) is 0.935. The molecule has 0 N–H and O–H groups in total. The predicted molar refractivity (Wildman–Crippen MR) is 91.7 cm³/mol. The Hall–Kier alpha value is -2.28. The zero-order valence-corrected chi connectivity index (χ0v) is 14.6. The van der Waals surface area contributed by atoms with Crippen molar-refractivity contribution in [2.75, 3.05) is 20.0 Å². The van der Waals surface area contributed by atoms with Crippen molar-refractivity contribution in [2.24, 2.45) is 0 Å². The number of halogens is 2. The van der Waals surface area contributed by atoms with Crippen LogP contribution in [0.3, 0.4) is 0 Å². The number of ether oxygens (including phenoxy) is 2. The number of nitrogens with zero attached hydrogens (tertiary/aromatic N) is 1. The van der Waals surface area contributed by atoms with Crippen molar-refractivity contribution in [1.82, 2.24) is 4.90 Å². The fourth-order valence-corrected chi connectivity index (χ4v) is 3.97. The Morgan fingerprint density at radius 2 is 2.00 bits per heavy atom. The van der Waals surface area contributed by atoms with E-state index in [0.717, 1.165) is 11.6 Å². The minimum atomic E-state index is -0.923. The van der Waals surface area contributed by atoms with E-state index in [1.54, 1.807) is 19.2 Å². The van der Waals surface area contributed by atoms with Crippen LogP contribution >= 0.6 is 11.8 Å². The Kier molecular flexibility index (Phi) is 5.13. The van der Waals surface area contributed by atoms with Gasteiger partial charge in [-0.2, -0.15) is 0 Å². The van der Waals surface area contributed by atoms with Gasteiger partial charge in [0, 0.05) is 17.2 Å². The lowest BCUT2D eigenvalue weighted by Gasteiger charge is -2.26. The summed E-state index contributed by atoms with van der Waals surface area (Å²) in [5.74, 6) is -0.481. The first kappa shape index (κ1) is 17.5. The van der Waals surface area contributed by atoms with E-state index in [-0.39, 0.29) is 29.1 Å². The molecule has 0 saturated carbocycles. The first-order valence-electron chi connectivity index (χ1n) is 7.61. The van der Waals surface area contributed by atoms with Crippen molar-refractivity contribution in [3.05, 3.63) is 59.2 Å². The molecule has 25 heavy (non-hydrogen) atoms. The third-order valence-electron chi connectivity index (χ3n) is 4.05. The van der Waals surface area contributed by atoms with Gasteiger partial charge in [0.05, 0.1) is 26.5 Å². The summed E-state index contributed by atoms with van der Waals surface area (Å²) in [7, 11) is 3.09. The molecule has 1 saturated heterocycles. The molecule has 1 aliphatic rings. The highest BCUT2D eigenvalue weighted by molar-refractivity contribution is 8.00. The number of hydrogen-bond donors (Lipinski definition) is 0.